The van der Waals surface area contributed by atoms with Crippen molar-refractivity contribution in [3.8, 4) is 11.3 Å². The van der Waals surface area contributed by atoms with Gasteiger partial charge in [0.05, 0.1) is 6.54 Å². The van der Waals surface area contributed by atoms with Crippen LogP contribution in [0.5, 0.6) is 0 Å². The molecule has 6 rings (SSSR count). The van der Waals surface area contributed by atoms with Crippen LogP contribution in [0, 0.1) is 0 Å². The Morgan fingerprint density at radius 2 is 1.64 bits per heavy atom. The molecule has 0 radical (unpaired) electrons. The fraction of sp³-hybridized carbons (Fsp3) is 0.344. The number of halogens is 1. The summed E-state index contributed by atoms with van der Waals surface area (Å²) in [5, 5.41) is 7.63. The second-order valence-electron chi connectivity index (χ2n) is 10.8. The van der Waals surface area contributed by atoms with Crippen LogP contribution in [0.15, 0.2) is 77.2 Å². The number of rotatable bonds is 7. The van der Waals surface area contributed by atoms with E-state index in [1.54, 1.807) is 0 Å². The van der Waals surface area contributed by atoms with E-state index in [4.69, 9.17) is 38.2 Å². The molecule has 0 bridgehead atoms. The lowest BCUT2D eigenvalue weighted by Gasteiger charge is -2.38. The van der Waals surface area contributed by atoms with Crippen LogP contribution in [0.4, 0.5) is 23.3 Å². The van der Waals surface area contributed by atoms with Crippen molar-refractivity contribution in [2.45, 2.75) is 38.8 Å². The van der Waals surface area contributed by atoms with Crippen LogP contribution in [0.3, 0.4) is 0 Å². The number of nitrogens with zero attached hydrogens (tertiary/aromatic N) is 5. The second-order valence-corrected chi connectivity index (χ2v) is 11.7. The van der Waals surface area contributed by atoms with Crippen LogP contribution in [0.25, 0.3) is 11.3 Å². The minimum atomic E-state index is 0.433. The number of thiocarbonyl (C=S) groups is 1. The van der Waals surface area contributed by atoms with Gasteiger partial charge in [-0.25, -0.2) is 0 Å². The van der Waals surface area contributed by atoms with E-state index in [2.05, 4.69) is 68.7 Å². The number of benzene rings is 2. The number of piperidine rings is 1. The Morgan fingerprint density at radius 3 is 2.40 bits per heavy atom. The standard InChI is InChI=1S/C32H36ClN7OS/c1-23-7-5-6-16-40(23)30-21-29(39-19-17-38(18-20-39)26-8-3-2-4-9-26)35-31(36-30)37-32(42)34-22-27-14-15-28(41-27)24-10-12-25(33)13-11-24/h2-4,8-15,21,23H,5-7,16-20,22H2,1H3,(H2,34,35,36,37,42)/t23-/m0/s1. The van der Waals surface area contributed by atoms with Crippen molar-refractivity contribution in [2.24, 2.45) is 0 Å². The van der Waals surface area contributed by atoms with Crippen molar-refractivity contribution in [3.63, 3.8) is 0 Å². The summed E-state index contributed by atoms with van der Waals surface area (Å²) in [5.41, 5.74) is 2.24. The zero-order valence-corrected chi connectivity index (χ0v) is 25.4. The van der Waals surface area contributed by atoms with Gasteiger partial charge >= 0.3 is 0 Å². The van der Waals surface area contributed by atoms with Crippen LogP contribution in [-0.4, -0.2) is 53.8 Å². The van der Waals surface area contributed by atoms with Gasteiger partial charge < -0.3 is 29.8 Å². The SMILES string of the molecule is C[C@H]1CCCCN1c1cc(N2CCN(c3ccccc3)CC2)nc(NC(=S)NCc2ccc(-c3ccc(Cl)cc3)o2)n1. The molecule has 2 aromatic heterocycles. The van der Waals surface area contributed by atoms with Gasteiger partial charge in [-0.2, -0.15) is 9.97 Å². The zero-order valence-electron chi connectivity index (χ0n) is 23.8. The Labute approximate surface area is 257 Å². The normalized spacial score (nSPS) is 17.3. The number of para-hydroxylation sites is 1. The highest BCUT2D eigenvalue weighted by Gasteiger charge is 2.24. The molecular weight excluding hydrogens is 566 g/mol. The molecule has 0 aliphatic carbocycles. The van der Waals surface area contributed by atoms with Gasteiger partial charge in [-0.3, -0.25) is 0 Å². The summed E-state index contributed by atoms with van der Waals surface area (Å²) < 4.78 is 6.02. The summed E-state index contributed by atoms with van der Waals surface area (Å²) in [5.74, 6) is 3.93. The fourth-order valence-electron chi connectivity index (χ4n) is 5.61. The highest BCUT2D eigenvalue weighted by atomic mass is 35.5. The van der Waals surface area contributed by atoms with Gasteiger partial charge in [-0.15, -0.1) is 0 Å². The quantitative estimate of drug-likeness (QED) is 0.228. The average Bonchev–Trinajstić information content (AvgIpc) is 3.50. The molecular formula is C32H36ClN7OS. The lowest BCUT2D eigenvalue weighted by Crippen LogP contribution is -2.47. The maximum Gasteiger partial charge on any atom is 0.232 e. The number of nitrogens with one attached hydrogen (secondary N) is 2. The van der Waals surface area contributed by atoms with Crippen molar-refractivity contribution in [3.05, 3.63) is 83.6 Å². The Balaban J connectivity index is 1.14. The summed E-state index contributed by atoms with van der Waals surface area (Å²) >= 11 is 11.7. The lowest BCUT2D eigenvalue weighted by molar-refractivity contribution is 0.481. The van der Waals surface area contributed by atoms with Crippen LogP contribution < -0.4 is 25.3 Å². The third-order valence-electron chi connectivity index (χ3n) is 7.96. The molecule has 2 saturated heterocycles. The first-order valence-electron chi connectivity index (χ1n) is 14.6. The maximum atomic E-state index is 6.02. The molecule has 218 valence electrons. The molecule has 0 spiro atoms. The van der Waals surface area contributed by atoms with Gasteiger partial charge in [0.2, 0.25) is 5.95 Å². The topological polar surface area (TPSA) is 72.7 Å². The van der Waals surface area contributed by atoms with Gasteiger partial charge in [-0.1, -0.05) is 29.8 Å². The van der Waals surface area contributed by atoms with E-state index < -0.39 is 0 Å². The van der Waals surface area contributed by atoms with Crippen LogP contribution in [0.2, 0.25) is 5.02 Å². The summed E-state index contributed by atoms with van der Waals surface area (Å²) in [7, 11) is 0. The number of furan rings is 1. The van der Waals surface area contributed by atoms with E-state index in [1.807, 2.05) is 36.4 Å². The molecule has 10 heteroatoms. The average molecular weight is 602 g/mol. The molecule has 2 N–H and O–H groups in total. The van der Waals surface area contributed by atoms with Crippen LogP contribution >= 0.6 is 23.8 Å². The van der Waals surface area contributed by atoms with E-state index in [-0.39, 0.29) is 0 Å². The summed E-state index contributed by atoms with van der Waals surface area (Å²) in [6, 6.07) is 24.7. The van der Waals surface area contributed by atoms with Gasteiger partial charge in [-0.05, 0) is 86.9 Å². The van der Waals surface area contributed by atoms with Gasteiger partial charge in [0.15, 0.2) is 5.11 Å². The number of anilines is 4. The summed E-state index contributed by atoms with van der Waals surface area (Å²) in [4.78, 5) is 17.0. The highest BCUT2D eigenvalue weighted by molar-refractivity contribution is 7.80. The molecule has 42 heavy (non-hydrogen) atoms. The van der Waals surface area contributed by atoms with E-state index in [0.717, 1.165) is 61.4 Å². The molecule has 4 aromatic rings. The van der Waals surface area contributed by atoms with Crippen molar-refractivity contribution >= 4 is 52.2 Å². The third kappa shape index (κ3) is 6.79. The Hall–Kier alpha value is -3.82. The molecule has 2 aliphatic rings. The number of aromatic nitrogens is 2. The molecule has 2 aliphatic heterocycles. The minimum absolute atomic E-state index is 0.433. The van der Waals surface area contributed by atoms with Crippen molar-refractivity contribution in [1.82, 2.24) is 15.3 Å². The highest BCUT2D eigenvalue weighted by Crippen LogP contribution is 2.28. The van der Waals surface area contributed by atoms with Crippen molar-refractivity contribution in [2.75, 3.05) is 52.7 Å². The van der Waals surface area contributed by atoms with E-state index in [0.29, 0.717) is 28.7 Å². The fourth-order valence-corrected chi connectivity index (χ4v) is 5.90. The molecule has 0 unspecified atom stereocenters. The van der Waals surface area contributed by atoms with Crippen LogP contribution in [-0.2, 0) is 6.54 Å². The number of hydrogen-bond acceptors (Lipinski definition) is 7. The molecule has 0 amide bonds. The van der Waals surface area contributed by atoms with Crippen LogP contribution in [0.1, 0.15) is 31.9 Å². The molecule has 2 aromatic carbocycles. The van der Waals surface area contributed by atoms with Crippen molar-refractivity contribution in [1.29, 1.82) is 0 Å². The Kier molecular flexibility index (Phi) is 8.76. The van der Waals surface area contributed by atoms with E-state index in [1.165, 1.54) is 24.9 Å². The number of piperazine rings is 1. The van der Waals surface area contributed by atoms with Crippen molar-refractivity contribution < 1.29 is 4.42 Å². The first-order valence-corrected chi connectivity index (χ1v) is 15.4. The lowest BCUT2D eigenvalue weighted by atomic mass is 10.0. The number of hydrogen-bond donors (Lipinski definition) is 2. The summed E-state index contributed by atoms with van der Waals surface area (Å²) in [6.45, 7) is 7.36. The van der Waals surface area contributed by atoms with Gasteiger partial charge in [0.25, 0.3) is 0 Å². The Bertz CT molecular complexity index is 1490. The monoisotopic (exact) mass is 601 g/mol. The minimum Gasteiger partial charge on any atom is -0.459 e. The molecule has 8 nitrogen and oxygen atoms in total. The second kappa shape index (κ2) is 13.0. The van der Waals surface area contributed by atoms with Gasteiger partial charge in [0, 0.05) is 61.1 Å². The maximum absolute atomic E-state index is 6.02. The van der Waals surface area contributed by atoms with E-state index in [9.17, 15) is 0 Å². The smallest absolute Gasteiger partial charge is 0.232 e. The summed E-state index contributed by atoms with van der Waals surface area (Å²) in [6.07, 6.45) is 3.59. The molecule has 1 atom stereocenters. The third-order valence-corrected chi connectivity index (χ3v) is 8.46. The largest absolute Gasteiger partial charge is 0.459 e. The predicted molar refractivity (Wildman–Crippen MR) is 176 cm³/mol. The van der Waals surface area contributed by atoms with Gasteiger partial charge in [0.1, 0.15) is 23.2 Å². The Morgan fingerprint density at radius 1 is 0.905 bits per heavy atom. The molecule has 0 saturated carbocycles. The predicted octanol–water partition coefficient (Wildman–Crippen LogP) is 6.58. The molecule has 4 heterocycles. The first kappa shape index (κ1) is 28.3. The van der Waals surface area contributed by atoms with E-state index >= 15 is 0 Å². The first-order chi connectivity index (χ1) is 20.5. The zero-order chi connectivity index (χ0) is 28.9. The molecule has 2 fully saturated rings.